The summed E-state index contributed by atoms with van der Waals surface area (Å²) in [4.78, 5) is 59.5. The molecule has 2 aromatic rings. The first-order valence-corrected chi connectivity index (χ1v) is 12.6. The van der Waals surface area contributed by atoms with Crippen molar-refractivity contribution in [1.29, 1.82) is 0 Å². The van der Waals surface area contributed by atoms with Crippen molar-refractivity contribution in [2.45, 2.75) is 43.2 Å². The zero-order valence-electron chi connectivity index (χ0n) is 20.5. The molecule has 192 valence electrons. The molecule has 0 radical (unpaired) electrons. The summed E-state index contributed by atoms with van der Waals surface area (Å²) >= 11 is 0. The monoisotopic (exact) mass is 504 g/mol. The molecule has 0 bridgehead atoms. The Kier molecular flexibility index (Phi) is 5.71. The van der Waals surface area contributed by atoms with Gasteiger partial charge in [-0.15, -0.1) is 0 Å². The predicted molar refractivity (Wildman–Crippen MR) is 132 cm³/mol. The lowest BCUT2D eigenvalue weighted by Crippen LogP contribution is -2.51. The van der Waals surface area contributed by atoms with Crippen LogP contribution in [-0.4, -0.2) is 72.5 Å². The number of nitrogens with zero attached hydrogens (tertiary/aromatic N) is 3. The molecule has 3 atom stereocenters. The van der Waals surface area contributed by atoms with E-state index < -0.39 is 17.4 Å². The van der Waals surface area contributed by atoms with Gasteiger partial charge in [-0.2, -0.15) is 0 Å². The van der Waals surface area contributed by atoms with Crippen molar-refractivity contribution < 1.29 is 28.7 Å². The Labute approximate surface area is 213 Å². The second-order valence-electron chi connectivity index (χ2n) is 10.1. The van der Waals surface area contributed by atoms with Crippen LogP contribution in [0.4, 0.5) is 11.4 Å². The maximum absolute atomic E-state index is 13.7. The Bertz CT molecular complexity index is 1270. The van der Waals surface area contributed by atoms with Crippen molar-refractivity contribution in [2.24, 2.45) is 5.92 Å². The van der Waals surface area contributed by atoms with E-state index in [0.717, 1.165) is 17.7 Å². The number of fused-ring (bicyclic) bond motifs is 3. The summed E-state index contributed by atoms with van der Waals surface area (Å²) in [6.45, 7) is 0.922. The molecule has 1 aromatic carbocycles. The zero-order chi connectivity index (χ0) is 25.7. The van der Waals surface area contributed by atoms with Crippen LogP contribution in [0.5, 0.6) is 0 Å². The summed E-state index contributed by atoms with van der Waals surface area (Å²) in [5.41, 5.74) is 1.64. The predicted octanol–water partition coefficient (Wildman–Crippen LogP) is 1.89. The molecule has 6 rings (SSSR count). The minimum absolute atomic E-state index is 0.0214. The SMILES string of the molecule is COC(=O)c1ccc(NC(=O)[C@H]2C[C@H]3C[C@H]3N2C(=O)CN2C(=O)C3(CCOCC3)c3ccccc32)cn1. The molecule has 3 fully saturated rings. The van der Waals surface area contributed by atoms with Gasteiger partial charge in [-0.1, -0.05) is 18.2 Å². The molecule has 2 saturated heterocycles. The lowest BCUT2D eigenvalue weighted by Gasteiger charge is -2.33. The number of pyridine rings is 1. The number of aromatic nitrogens is 1. The van der Waals surface area contributed by atoms with Gasteiger partial charge in [0.25, 0.3) is 0 Å². The molecule has 1 N–H and O–H groups in total. The van der Waals surface area contributed by atoms with Crippen LogP contribution >= 0.6 is 0 Å². The Morgan fingerprint density at radius 1 is 1.14 bits per heavy atom. The van der Waals surface area contributed by atoms with E-state index in [9.17, 15) is 19.2 Å². The van der Waals surface area contributed by atoms with E-state index in [-0.39, 0.29) is 36.0 Å². The molecule has 10 heteroatoms. The molecule has 1 saturated carbocycles. The maximum Gasteiger partial charge on any atom is 0.356 e. The highest BCUT2D eigenvalue weighted by Crippen LogP contribution is 2.50. The number of hydrogen-bond donors (Lipinski definition) is 1. The Balaban J connectivity index is 1.19. The average molecular weight is 505 g/mol. The van der Waals surface area contributed by atoms with Gasteiger partial charge in [-0.3, -0.25) is 14.4 Å². The summed E-state index contributed by atoms with van der Waals surface area (Å²) in [5.74, 6) is -0.859. The fourth-order valence-electron chi connectivity index (χ4n) is 6.14. The number of rotatable bonds is 5. The van der Waals surface area contributed by atoms with Crippen molar-refractivity contribution in [1.82, 2.24) is 9.88 Å². The Morgan fingerprint density at radius 3 is 2.65 bits per heavy atom. The maximum atomic E-state index is 13.7. The van der Waals surface area contributed by atoms with Gasteiger partial charge in [-0.25, -0.2) is 9.78 Å². The number of benzene rings is 1. The molecule has 4 heterocycles. The molecule has 1 aliphatic carbocycles. The second-order valence-corrected chi connectivity index (χ2v) is 10.1. The summed E-state index contributed by atoms with van der Waals surface area (Å²) < 4.78 is 10.2. The van der Waals surface area contributed by atoms with E-state index in [1.807, 2.05) is 24.3 Å². The minimum Gasteiger partial charge on any atom is -0.464 e. The van der Waals surface area contributed by atoms with Gasteiger partial charge < -0.3 is 24.6 Å². The Hall–Kier alpha value is -3.79. The zero-order valence-corrected chi connectivity index (χ0v) is 20.5. The highest BCUT2D eigenvalue weighted by Gasteiger charge is 2.57. The van der Waals surface area contributed by atoms with E-state index in [4.69, 9.17) is 4.74 Å². The van der Waals surface area contributed by atoms with Crippen LogP contribution in [0.25, 0.3) is 0 Å². The smallest absolute Gasteiger partial charge is 0.356 e. The molecular weight excluding hydrogens is 476 g/mol. The van der Waals surface area contributed by atoms with E-state index in [1.165, 1.54) is 19.4 Å². The van der Waals surface area contributed by atoms with Crippen molar-refractivity contribution in [2.75, 3.05) is 37.1 Å². The number of esters is 1. The van der Waals surface area contributed by atoms with Gasteiger partial charge in [-0.05, 0) is 55.4 Å². The van der Waals surface area contributed by atoms with Crippen LogP contribution in [0.2, 0.25) is 0 Å². The minimum atomic E-state index is -0.650. The first-order chi connectivity index (χ1) is 17.9. The van der Waals surface area contributed by atoms with Gasteiger partial charge >= 0.3 is 5.97 Å². The number of hydrogen-bond acceptors (Lipinski definition) is 7. The number of nitrogens with one attached hydrogen (secondary N) is 1. The standard InChI is InChI=1S/C27H28N4O6/c1-36-25(34)19-7-6-17(14-28-19)29-24(33)22-13-16-12-21(16)31(22)23(32)15-30-20-5-3-2-4-18(20)27(26(30)35)8-10-37-11-9-27/h2-7,14,16,21-22H,8-13,15H2,1H3,(H,29,33)/t16-,21-,22-/m1/s1. The van der Waals surface area contributed by atoms with Crippen molar-refractivity contribution in [3.8, 4) is 0 Å². The van der Waals surface area contributed by atoms with Crippen molar-refractivity contribution in [3.63, 3.8) is 0 Å². The lowest BCUT2D eigenvalue weighted by molar-refractivity contribution is -0.138. The fourth-order valence-corrected chi connectivity index (χ4v) is 6.14. The van der Waals surface area contributed by atoms with Crippen LogP contribution in [0.3, 0.4) is 0 Å². The summed E-state index contributed by atoms with van der Waals surface area (Å²) in [7, 11) is 1.27. The van der Waals surface area contributed by atoms with Gasteiger partial charge in [0.05, 0.1) is 24.4 Å². The van der Waals surface area contributed by atoms with Crippen LogP contribution in [0.1, 0.15) is 41.7 Å². The number of para-hydroxylation sites is 1. The number of anilines is 2. The lowest BCUT2D eigenvalue weighted by atomic mass is 9.75. The second kappa shape index (κ2) is 8.95. The van der Waals surface area contributed by atoms with E-state index in [1.54, 1.807) is 15.9 Å². The molecular formula is C27H28N4O6. The highest BCUT2D eigenvalue weighted by molar-refractivity contribution is 6.11. The van der Waals surface area contributed by atoms with Crippen molar-refractivity contribution in [3.05, 3.63) is 53.9 Å². The molecule has 0 unspecified atom stereocenters. The number of amides is 3. The number of carbonyl (C=O) groups excluding carboxylic acids is 4. The third kappa shape index (κ3) is 3.87. The number of piperidine rings is 1. The third-order valence-corrected chi connectivity index (χ3v) is 8.13. The van der Waals surface area contributed by atoms with Gasteiger partial charge in [0.1, 0.15) is 18.3 Å². The van der Waals surface area contributed by atoms with E-state index in [2.05, 4.69) is 15.0 Å². The first-order valence-electron chi connectivity index (χ1n) is 12.6. The van der Waals surface area contributed by atoms with Gasteiger partial charge in [0.2, 0.25) is 17.7 Å². The molecule has 1 spiro atoms. The third-order valence-electron chi connectivity index (χ3n) is 8.13. The fraction of sp³-hybridized carbons (Fsp3) is 0.444. The van der Waals surface area contributed by atoms with Gasteiger partial charge in [0.15, 0.2) is 0 Å². The van der Waals surface area contributed by atoms with Crippen LogP contribution in [0.15, 0.2) is 42.6 Å². The summed E-state index contributed by atoms with van der Waals surface area (Å²) in [6.07, 6.45) is 4.03. The van der Waals surface area contributed by atoms with Crippen LogP contribution in [-0.2, 0) is 29.3 Å². The summed E-state index contributed by atoms with van der Waals surface area (Å²) in [6, 6.07) is 10.1. The average Bonchev–Trinajstić information content (AvgIpc) is 3.54. The molecule has 3 amide bonds. The Morgan fingerprint density at radius 2 is 1.92 bits per heavy atom. The number of carbonyl (C=O) groups is 4. The number of methoxy groups -OCH3 is 1. The quantitative estimate of drug-likeness (QED) is 0.618. The van der Waals surface area contributed by atoms with Gasteiger partial charge in [0, 0.05) is 24.9 Å². The van der Waals surface area contributed by atoms with Crippen LogP contribution < -0.4 is 10.2 Å². The molecule has 37 heavy (non-hydrogen) atoms. The number of likely N-dealkylation sites (tertiary alicyclic amines) is 1. The molecule has 4 aliphatic rings. The topological polar surface area (TPSA) is 118 Å². The molecule has 10 nitrogen and oxygen atoms in total. The van der Waals surface area contributed by atoms with E-state index in [0.29, 0.717) is 44.1 Å². The normalized spacial score (nSPS) is 25.0. The van der Waals surface area contributed by atoms with Crippen molar-refractivity contribution >= 4 is 35.1 Å². The first kappa shape index (κ1) is 23.6. The number of ether oxygens (including phenoxy) is 2. The highest BCUT2D eigenvalue weighted by atomic mass is 16.5. The van der Waals surface area contributed by atoms with E-state index >= 15 is 0 Å². The summed E-state index contributed by atoms with van der Waals surface area (Å²) in [5, 5.41) is 2.82. The molecule has 3 aliphatic heterocycles. The largest absolute Gasteiger partial charge is 0.464 e. The van der Waals surface area contributed by atoms with Crippen LogP contribution in [0, 0.1) is 5.92 Å². The molecule has 1 aromatic heterocycles.